The predicted octanol–water partition coefficient (Wildman–Crippen LogP) is 14.4. The summed E-state index contributed by atoms with van der Waals surface area (Å²) in [5.41, 5.74) is 13.9. The van der Waals surface area contributed by atoms with Gasteiger partial charge in [-0.25, -0.2) is 15.0 Å². The highest BCUT2D eigenvalue weighted by atomic mass is 15.0. The molecular formula is C57H37N5. The maximum atomic E-state index is 5.32. The molecule has 0 spiro atoms. The average molecular weight is 792 g/mol. The van der Waals surface area contributed by atoms with Crippen LogP contribution in [0, 0.1) is 0 Å². The van der Waals surface area contributed by atoms with Gasteiger partial charge in [-0.2, -0.15) is 0 Å². The SMILES string of the molecule is c1ccc(-c2ccc(-c3nc(-c4ccc(-c5ccccc5)cc4)nc(-c4cc(-n5c6ccccc6c6ccccc65)cc(-n5c6ccccc6c6ccccc65)c4)n3)cc2)cc1. The van der Waals surface area contributed by atoms with Crippen molar-refractivity contribution in [2.75, 3.05) is 0 Å². The number of fused-ring (bicyclic) bond motifs is 6. The standard InChI is InChI=1S/C57H37N5/c1-3-15-38(16-4-1)40-27-31-42(32-28-40)55-58-56(43-33-29-41(30-34-43)39-17-5-2-6-18-39)60-57(59-55)44-35-45(61-51-23-11-7-19-47(51)48-20-8-12-24-52(48)61)37-46(36-44)62-53-25-13-9-21-49(53)50-22-10-14-26-54(50)62/h1-37H. The van der Waals surface area contributed by atoms with Crippen molar-refractivity contribution >= 4 is 43.6 Å². The lowest BCUT2D eigenvalue weighted by Gasteiger charge is -2.16. The minimum atomic E-state index is 0.592. The molecule has 0 bridgehead atoms. The molecule has 5 heteroatoms. The molecule has 12 aromatic rings. The van der Waals surface area contributed by atoms with Gasteiger partial charge in [0.25, 0.3) is 0 Å². The van der Waals surface area contributed by atoms with Crippen molar-refractivity contribution < 1.29 is 0 Å². The van der Waals surface area contributed by atoms with Crippen LogP contribution in [-0.2, 0) is 0 Å². The molecule has 5 nitrogen and oxygen atoms in total. The van der Waals surface area contributed by atoms with E-state index in [0.717, 1.165) is 72.4 Å². The Kier molecular flexibility index (Phi) is 8.42. The van der Waals surface area contributed by atoms with E-state index in [-0.39, 0.29) is 0 Å². The van der Waals surface area contributed by atoms with Crippen molar-refractivity contribution in [3.63, 3.8) is 0 Å². The van der Waals surface area contributed by atoms with E-state index in [1.54, 1.807) is 0 Å². The number of hydrogen-bond acceptors (Lipinski definition) is 3. The van der Waals surface area contributed by atoms with Crippen LogP contribution >= 0.6 is 0 Å². The molecule has 9 aromatic carbocycles. The fourth-order valence-electron chi connectivity index (χ4n) is 9.03. The zero-order valence-corrected chi connectivity index (χ0v) is 33.6. The van der Waals surface area contributed by atoms with Crippen LogP contribution in [0.5, 0.6) is 0 Å². The van der Waals surface area contributed by atoms with Crippen LogP contribution in [0.3, 0.4) is 0 Å². The lowest BCUT2D eigenvalue weighted by atomic mass is 10.0. The summed E-state index contributed by atoms with van der Waals surface area (Å²) in [5, 5.41) is 4.81. The topological polar surface area (TPSA) is 48.5 Å². The Morgan fingerprint density at radius 2 is 0.500 bits per heavy atom. The van der Waals surface area contributed by atoms with Crippen LogP contribution in [0.25, 0.3) is 111 Å². The number of para-hydroxylation sites is 4. The Hall–Kier alpha value is -8.41. The van der Waals surface area contributed by atoms with Gasteiger partial charge in [-0.3, -0.25) is 0 Å². The molecule has 0 aliphatic heterocycles. The second-order valence-corrected chi connectivity index (χ2v) is 15.7. The Bertz CT molecular complexity index is 3260. The molecule has 0 amide bonds. The van der Waals surface area contributed by atoms with Crippen molar-refractivity contribution in [1.29, 1.82) is 0 Å². The number of nitrogens with zero attached hydrogens (tertiary/aromatic N) is 5. The highest BCUT2D eigenvalue weighted by molar-refractivity contribution is 6.10. The normalized spacial score (nSPS) is 11.5. The smallest absolute Gasteiger partial charge is 0.164 e. The van der Waals surface area contributed by atoms with E-state index in [4.69, 9.17) is 15.0 Å². The first-order valence-electron chi connectivity index (χ1n) is 20.9. The lowest BCUT2D eigenvalue weighted by Crippen LogP contribution is -2.03. The fourth-order valence-corrected chi connectivity index (χ4v) is 9.03. The summed E-state index contributed by atoms with van der Waals surface area (Å²) in [6.45, 7) is 0. The molecule has 290 valence electrons. The Balaban J connectivity index is 1.11. The summed E-state index contributed by atoms with van der Waals surface area (Å²) in [6.07, 6.45) is 0. The molecule has 0 unspecified atom stereocenters. The zero-order valence-electron chi connectivity index (χ0n) is 33.6. The van der Waals surface area contributed by atoms with E-state index in [9.17, 15) is 0 Å². The number of benzene rings is 9. The Labute approximate surface area is 358 Å². The molecule has 3 aromatic heterocycles. The molecule has 0 atom stereocenters. The zero-order chi connectivity index (χ0) is 41.0. The first-order chi connectivity index (χ1) is 30.7. The van der Waals surface area contributed by atoms with Crippen molar-refractivity contribution in [2.45, 2.75) is 0 Å². The molecule has 12 rings (SSSR count). The van der Waals surface area contributed by atoms with Gasteiger partial charge in [-0.05, 0) is 64.7 Å². The van der Waals surface area contributed by atoms with Gasteiger partial charge < -0.3 is 9.13 Å². The minimum absolute atomic E-state index is 0.592. The summed E-state index contributed by atoms with van der Waals surface area (Å²) in [6, 6.07) is 79.3. The van der Waals surface area contributed by atoms with E-state index < -0.39 is 0 Å². The maximum Gasteiger partial charge on any atom is 0.164 e. The first kappa shape index (κ1) is 35.5. The second-order valence-electron chi connectivity index (χ2n) is 15.7. The van der Waals surface area contributed by atoms with Crippen LogP contribution < -0.4 is 0 Å². The van der Waals surface area contributed by atoms with Crippen LogP contribution in [0.15, 0.2) is 224 Å². The molecule has 62 heavy (non-hydrogen) atoms. The van der Waals surface area contributed by atoms with Crippen LogP contribution in [0.2, 0.25) is 0 Å². The maximum absolute atomic E-state index is 5.32. The summed E-state index contributed by atoms with van der Waals surface area (Å²) in [5.74, 6) is 1.81. The highest BCUT2D eigenvalue weighted by Gasteiger charge is 2.20. The van der Waals surface area contributed by atoms with Crippen LogP contribution in [0.1, 0.15) is 0 Å². The first-order valence-corrected chi connectivity index (χ1v) is 20.9. The van der Waals surface area contributed by atoms with E-state index in [0.29, 0.717) is 17.5 Å². The molecule has 3 heterocycles. The lowest BCUT2D eigenvalue weighted by molar-refractivity contribution is 1.07. The van der Waals surface area contributed by atoms with Crippen molar-refractivity contribution in [1.82, 2.24) is 24.1 Å². The third-order valence-electron chi connectivity index (χ3n) is 12.0. The highest BCUT2D eigenvalue weighted by Crippen LogP contribution is 2.38. The van der Waals surface area contributed by atoms with E-state index in [1.165, 1.54) is 21.5 Å². The van der Waals surface area contributed by atoms with Crippen molar-refractivity contribution in [2.24, 2.45) is 0 Å². The molecule has 0 saturated heterocycles. The van der Waals surface area contributed by atoms with E-state index in [1.807, 2.05) is 12.1 Å². The summed E-state index contributed by atoms with van der Waals surface area (Å²) in [7, 11) is 0. The predicted molar refractivity (Wildman–Crippen MR) is 256 cm³/mol. The third kappa shape index (κ3) is 6.06. The molecule has 0 aliphatic rings. The van der Waals surface area contributed by atoms with Crippen molar-refractivity contribution in [3.05, 3.63) is 224 Å². The molecule has 0 fully saturated rings. The molecule has 0 radical (unpaired) electrons. The van der Waals surface area contributed by atoms with Gasteiger partial charge >= 0.3 is 0 Å². The summed E-state index contributed by atoms with van der Waals surface area (Å²) < 4.78 is 4.75. The average Bonchev–Trinajstić information content (AvgIpc) is 3.88. The monoisotopic (exact) mass is 791 g/mol. The van der Waals surface area contributed by atoms with Gasteiger partial charge in [0.1, 0.15) is 0 Å². The molecule has 0 N–H and O–H groups in total. The number of hydrogen-bond donors (Lipinski definition) is 0. The second kappa shape index (κ2) is 14.7. The Morgan fingerprint density at radius 3 is 0.855 bits per heavy atom. The van der Waals surface area contributed by atoms with Gasteiger partial charge in [-0.15, -0.1) is 0 Å². The summed E-state index contributed by atoms with van der Waals surface area (Å²) in [4.78, 5) is 15.8. The molecular weight excluding hydrogens is 755 g/mol. The molecule has 0 saturated carbocycles. The van der Waals surface area contributed by atoms with Gasteiger partial charge in [-0.1, -0.05) is 182 Å². The Morgan fingerprint density at radius 1 is 0.226 bits per heavy atom. The number of aromatic nitrogens is 5. The van der Waals surface area contributed by atoms with Gasteiger partial charge in [0.2, 0.25) is 0 Å². The molecule has 0 aliphatic carbocycles. The van der Waals surface area contributed by atoms with Crippen LogP contribution in [-0.4, -0.2) is 24.1 Å². The third-order valence-corrected chi connectivity index (χ3v) is 12.0. The quantitative estimate of drug-likeness (QED) is 0.162. The summed E-state index contributed by atoms with van der Waals surface area (Å²) >= 11 is 0. The minimum Gasteiger partial charge on any atom is -0.309 e. The van der Waals surface area contributed by atoms with Gasteiger partial charge in [0, 0.05) is 49.6 Å². The van der Waals surface area contributed by atoms with E-state index >= 15 is 0 Å². The number of rotatable bonds is 7. The largest absolute Gasteiger partial charge is 0.309 e. The van der Waals surface area contributed by atoms with Gasteiger partial charge in [0.15, 0.2) is 17.5 Å². The van der Waals surface area contributed by atoms with E-state index in [2.05, 4.69) is 221 Å². The fraction of sp³-hybridized carbons (Fsp3) is 0. The van der Waals surface area contributed by atoms with Crippen molar-refractivity contribution in [3.8, 4) is 67.8 Å². The van der Waals surface area contributed by atoms with Crippen LogP contribution in [0.4, 0.5) is 0 Å². The van der Waals surface area contributed by atoms with Gasteiger partial charge in [0.05, 0.1) is 22.1 Å².